The van der Waals surface area contributed by atoms with Gasteiger partial charge in [0.1, 0.15) is 0 Å². The number of unbranched alkanes of at least 4 members (excludes halogenated alkanes) is 4. The van der Waals surface area contributed by atoms with Gasteiger partial charge in [0.2, 0.25) is 0 Å². The molecule has 1 aromatic rings. The smallest absolute Gasteiger partial charge is 0.309 e. The van der Waals surface area contributed by atoms with E-state index < -0.39 is 17.4 Å². The lowest BCUT2D eigenvalue weighted by Gasteiger charge is -2.18. The van der Waals surface area contributed by atoms with Gasteiger partial charge >= 0.3 is 11.9 Å². The topological polar surface area (TPSA) is 74.6 Å². The van der Waals surface area contributed by atoms with Crippen molar-refractivity contribution in [3.8, 4) is 0 Å². The lowest BCUT2D eigenvalue weighted by Crippen LogP contribution is -2.23. The Morgan fingerprint density at radius 2 is 1.62 bits per heavy atom. The van der Waals surface area contributed by atoms with E-state index in [9.17, 15) is 19.8 Å². The van der Waals surface area contributed by atoms with Gasteiger partial charge in [-0.15, -0.1) is 0 Å². The number of carbonyl (C=O) groups is 2. The minimum Gasteiger partial charge on any atom is -0.481 e. The third-order valence-electron chi connectivity index (χ3n) is 6.67. The molecule has 0 saturated heterocycles. The number of aliphatic carboxylic acids is 2. The molecule has 0 aromatic heterocycles. The molecule has 162 valence electrons. The summed E-state index contributed by atoms with van der Waals surface area (Å²) in [6.45, 7) is 5.76. The van der Waals surface area contributed by atoms with Crippen molar-refractivity contribution in [2.24, 2.45) is 10.8 Å². The van der Waals surface area contributed by atoms with Crippen LogP contribution in [0.5, 0.6) is 0 Å². The summed E-state index contributed by atoms with van der Waals surface area (Å²) in [6, 6.07) is 6.76. The van der Waals surface area contributed by atoms with E-state index in [1.54, 1.807) is 13.8 Å². The fourth-order valence-electron chi connectivity index (χ4n) is 4.01. The average Bonchev–Trinajstić information content (AvgIpc) is 3.44. The first-order valence-corrected chi connectivity index (χ1v) is 11.2. The molecule has 0 bridgehead atoms. The monoisotopic (exact) mass is 402 g/mol. The van der Waals surface area contributed by atoms with Gasteiger partial charge in [-0.1, -0.05) is 43.9 Å². The van der Waals surface area contributed by atoms with E-state index >= 15 is 0 Å². The minimum atomic E-state index is -0.712. The van der Waals surface area contributed by atoms with Crippen LogP contribution < -0.4 is 0 Å². The van der Waals surface area contributed by atoms with Crippen LogP contribution in [0.3, 0.4) is 0 Å². The minimum absolute atomic E-state index is 0.378. The molecule has 4 heteroatoms. The van der Waals surface area contributed by atoms with Crippen LogP contribution in [0.2, 0.25) is 0 Å². The van der Waals surface area contributed by atoms with Gasteiger partial charge in [0.25, 0.3) is 0 Å². The van der Waals surface area contributed by atoms with Crippen molar-refractivity contribution in [2.45, 2.75) is 97.8 Å². The van der Waals surface area contributed by atoms with Crippen LogP contribution in [0, 0.1) is 17.8 Å². The fraction of sp³-hybridized carbons (Fsp3) is 0.680. The molecule has 29 heavy (non-hydrogen) atoms. The number of hydrogen-bond donors (Lipinski definition) is 2. The van der Waals surface area contributed by atoms with E-state index in [4.69, 9.17) is 0 Å². The third-order valence-corrected chi connectivity index (χ3v) is 6.67. The van der Waals surface area contributed by atoms with Gasteiger partial charge in [-0.2, -0.15) is 0 Å². The Morgan fingerprint density at radius 3 is 2.24 bits per heavy atom. The van der Waals surface area contributed by atoms with E-state index in [0.29, 0.717) is 0 Å². The number of benzene rings is 1. The first-order valence-electron chi connectivity index (χ1n) is 11.2. The second-order valence-corrected chi connectivity index (χ2v) is 9.66. The fourth-order valence-corrected chi connectivity index (χ4v) is 4.01. The largest absolute Gasteiger partial charge is 0.481 e. The first-order chi connectivity index (χ1) is 13.7. The molecule has 0 radical (unpaired) electrons. The summed E-state index contributed by atoms with van der Waals surface area (Å²) < 4.78 is 0. The maximum absolute atomic E-state index is 11.2. The number of rotatable bonds is 14. The standard InChI is InChI=1S/C25H38O4/c1-19-12-13-20(10-6-4-9-15-25(16-17-25)23(28)29)18-21(19)11-7-5-8-14-24(2,3)22(26)27/h12-13,18H,4-11,14-17H2,1-3H3,(H,26,27)(H,28,29). The summed E-state index contributed by atoms with van der Waals surface area (Å²) in [5, 5.41) is 18.4. The number of carboxylic acid groups (broad SMARTS) is 2. The van der Waals surface area contributed by atoms with Gasteiger partial charge in [-0.25, -0.2) is 0 Å². The summed E-state index contributed by atoms with van der Waals surface area (Å²) >= 11 is 0. The number of carboxylic acids is 2. The molecule has 0 atom stereocenters. The van der Waals surface area contributed by atoms with E-state index in [2.05, 4.69) is 25.1 Å². The second kappa shape index (κ2) is 10.3. The second-order valence-electron chi connectivity index (χ2n) is 9.66. The maximum atomic E-state index is 11.2. The van der Waals surface area contributed by atoms with E-state index in [-0.39, 0.29) is 5.41 Å². The lowest BCUT2D eigenvalue weighted by molar-refractivity contribution is -0.147. The van der Waals surface area contributed by atoms with Crippen molar-refractivity contribution in [1.82, 2.24) is 0 Å². The molecule has 0 aliphatic heterocycles. The Morgan fingerprint density at radius 1 is 0.966 bits per heavy atom. The zero-order chi connectivity index (χ0) is 21.5. The van der Waals surface area contributed by atoms with Gasteiger partial charge in [-0.3, -0.25) is 9.59 Å². The normalized spacial score (nSPS) is 15.3. The predicted molar refractivity (Wildman–Crippen MR) is 116 cm³/mol. The van der Waals surface area contributed by atoms with Crippen molar-refractivity contribution >= 4 is 11.9 Å². The van der Waals surface area contributed by atoms with Crippen molar-refractivity contribution in [3.05, 3.63) is 34.9 Å². The highest BCUT2D eigenvalue weighted by Gasteiger charge is 2.49. The molecule has 1 aromatic carbocycles. The van der Waals surface area contributed by atoms with Gasteiger partial charge in [0.05, 0.1) is 10.8 Å². The molecule has 1 aliphatic rings. The molecule has 4 nitrogen and oxygen atoms in total. The molecule has 1 saturated carbocycles. The quantitative estimate of drug-likeness (QED) is 0.365. The van der Waals surface area contributed by atoms with E-state index in [0.717, 1.165) is 77.0 Å². The van der Waals surface area contributed by atoms with Crippen LogP contribution >= 0.6 is 0 Å². The van der Waals surface area contributed by atoms with Gasteiger partial charge in [0, 0.05) is 0 Å². The van der Waals surface area contributed by atoms with Crippen molar-refractivity contribution in [1.29, 1.82) is 0 Å². The molecule has 2 N–H and O–H groups in total. The van der Waals surface area contributed by atoms with Crippen LogP contribution in [-0.4, -0.2) is 22.2 Å². The van der Waals surface area contributed by atoms with Crippen molar-refractivity contribution in [3.63, 3.8) is 0 Å². The van der Waals surface area contributed by atoms with E-state index in [1.165, 1.54) is 16.7 Å². The predicted octanol–water partition coefficient (Wildman–Crippen LogP) is 6.18. The molecule has 0 unspecified atom stereocenters. The first kappa shape index (κ1) is 23.4. The van der Waals surface area contributed by atoms with Crippen LogP contribution in [0.25, 0.3) is 0 Å². The molecule has 0 spiro atoms. The summed E-state index contributed by atoms with van der Waals surface area (Å²) in [7, 11) is 0. The van der Waals surface area contributed by atoms with Crippen molar-refractivity contribution < 1.29 is 19.8 Å². The molecular weight excluding hydrogens is 364 g/mol. The van der Waals surface area contributed by atoms with Crippen LogP contribution in [-0.2, 0) is 22.4 Å². The van der Waals surface area contributed by atoms with Gasteiger partial charge in [-0.05, 0) is 88.8 Å². The molecule has 1 aliphatic carbocycles. The van der Waals surface area contributed by atoms with Gasteiger partial charge in [0.15, 0.2) is 0 Å². The van der Waals surface area contributed by atoms with Crippen LogP contribution in [0.4, 0.5) is 0 Å². The molecule has 0 heterocycles. The summed E-state index contributed by atoms with van der Waals surface area (Å²) in [5.74, 6) is -1.32. The Labute approximate surface area is 175 Å². The molecular formula is C25H38O4. The zero-order valence-corrected chi connectivity index (χ0v) is 18.4. The maximum Gasteiger partial charge on any atom is 0.309 e. The number of aryl methyl sites for hydroxylation is 3. The van der Waals surface area contributed by atoms with E-state index in [1.807, 2.05) is 0 Å². The number of hydrogen-bond acceptors (Lipinski definition) is 2. The summed E-state index contributed by atoms with van der Waals surface area (Å²) in [4.78, 5) is 22.4. The Kier molecular flexibility index (Phi) is 8.30. The summed E-state index contributed by atoms with van der Waals surface area (Å²) in [5.41, 5.74) is 3.10. The highest BCUT2D eigenvalue weighted by atomic mass is 16.4. The lowest BCUT2D eigenvalue weighted by atomic mass is 9.87. The zero-order valence-electron chi connectivity index (χ0n) is 18.4. The molecule has 0 amide bonds. The SMILES string of the molecule is Cc1ccc(CCCCCC2(C(=O)O)CC2)cc1CCCCCC(C)(C)C(=O)O. The molecule has 2 rings (SSSR count). The third kappa shape index (κ3) is 7.17. The Balaban J connectivity index is 1.68. The van der Waals surface area contributed by atoms with Crippen molar-refractivity contribution in [2.75, 3.05) is 0 Å². The summed E-state index contributed by atoms with van der Waals surface area (Å²) in [6.07, 6.45) is 11.7. The van der Waals surface area contributed by atoms with Crippen LogP contribution in [0.15, 0.2) is 18.2 Å². The highest BCUT2D eigenvalue weighted by Crippen LogP contribution is 2.50. The van der Waals surface area contributed by atoms with Crippen LogP contribution in [0.1, 0.15) is 94.7 Å². The van der Waals surface area contributed by atoms with Gasteiger partial charge < -0.3 is 10.2 Å². The molecule has 1 fully saturated rings. The Hall–Kier alpha value is -1.84. The Bertz CT molecular complexity index is 701. The average molecular weight is 403 g/mol. The highest BCUT2D eigenvalue weighted by molar-refractivity contribution is 5.77.